The van der Waals surface area contributed by atoms with Crippen LogP contribution in [0.15, 0.2) is 29.2 Å². The Hall–Kier alpha value is -0.950. The maximum absolute atomic E-state index is 12.0. The van der Waals surface area contributed by atoms with Gasteiger partial charge in [-0.25, -0.2) is 0 Å². The van der Waals surface area contributed by atoms with Crippen LogP contribution in [0.25, 0.3) is 0 Å². The highest BCUT2D eigenvalue weighted by molar-refractivity contribution is 7.86. The summed E-state index contributed by atoms with van der Waals surface area (Å²) in [7, 11) is -2.11. The first-order valence-electron chi connectivity index (χ1n) is 5.80. The summed E-state index contributed by atoms with van der Waals surface area (Å²) in [6.07, 6.45) is 0.818. The lowest BCUT2D eigenvalue weighted by atomic mass is 10.2. The van der Waals surface area contributed by atoms with Gasteiger partial charge in [0.1, 0.15) is 0 Å². The minimum absolute atomic E-state index is 0.0400. The van der Waals surface area contributed by atoms with Crippen molar-refractivity contribution in [2.24, 2.45) is 0 Å². The summed E-state index contributed by atoms with van der Waals surface area (Å²) >= 11 is 0. The number of hydrogen-bond acceptors (Lipinski definition) is 5. The largest absolute Gasteiger partial charge is 0.380 e. The van der Waals surface area contributed by atoms with E-state index in [1.54, 1.807) is 31.4 Å². The second kappa shape index (κ2) is 5.36. The second-order valence-corrected chi connectivity index (χ2v) is 5.90. The molecule has 0 bridgehead atoms. The quantitative estimate of drug-likeness (QED) is 0.827. The van der Waals surface area contributed by atoms with Crippen LogP contribution in [-0.2, 0) is 19.1 Å². The van der Waals surface area contributed by atoms with Gasteiger partial charge in [-0.2, -0.15) is 17.8 Å². The number of benzene rings is 1. The molecule has 1 aromatic carbocycles. The highest BCUT2D eigenvalue weighted by atomic mass is 32.2. The lowest BCUT2D eigenvalue weighted by molar-refractivity contribution is -0.0408. The molecule has 18 heavy (non-hydrogen) atoms. The molecule has 1 fully saturated rings. The normalized spacial score (nSPS) is 21.3. The summed E-state index contributed by atoms with van der Waals surface area (Å²) in [5.41, 5.74) is 1.01. The molecule has 1 atom stereocenters. The van der Waals surface area contributed by atoms with Crippen LogP contribution in [0.2, 0.25) is 0 Å². The SMILES string of the molecule is CO[C@@H]1CCN(OS(=O)(=O)c2ccc(C)cc2)C1. The maximum atomic E-state index is 12.0. The van der Waals surface area contributed by atoms with E-state index in [2.05, 4.69) is 0 Å². The molecule has 2 rings (SSSR count). The van der Waals surface area contributed by atoms with E-state index in [4.69, 9.17) is 9.02 Å². The molecule has 6 heteroatoms. The molecule has 5 nitrogen and oxygen atoms in total. The van der Waals surface area contributed by atoms with Crippen molar-refractivity contribution in [1.82, 2.24) is 5.06 Å². The molecule has 0 aliphatic carbocycles. The Morgan fingerprint density at radius 1 is 1.28 bits per heavy atom. The van der Waals surface area contributed by atoms with E-state index in [0.717, 1.165) is 12.0 Å². The molecule has 1 aromatic rings. The van der Waals surface area contributed by atoms with Crippen molar-refractivity contribution in [3.8, 4) is 0 Å². The first kappa shape index (κ1) is 13.5. The van der Waals surface area contributed by atoms with Gasteiger partial charge in [0.25, 0.3) is 0 Å². The van der Waals surface area contributed by atoms with Crippen LogP contribution in [0, 0.1) is 6.92 Å². The molecule has 0 aromatic heterocycles. The molecule has 0 spiro atoms. The number of rotatable bonds is 4. The molecule has 1 aliphatic rings. The molecule has 0 amide bonds. The molecule has 0 unspecified atom stereocenters. The predicted octanol–water partition coefficient (Wildman–Crippen LogP) is 1.34. The van der Waals surface area contributed by atoms with Crippen LogP contribution < -0.4 is 0 Å². The third-order valence-corrected chi connectivity index (χ3v) is 4.21. The average molecular weight is 271 g/mol. The lowest BCUT2D eigenvalue weighted by Crippen LogP contribution is -2.26. The number of nitrogens with zero attached hydrogens (tertiary/aromatic N) is 1. The molecule has 1 saturated heterocycles. The Bertz CT molecular complexity index is 497. The van der Waals surface area contributed by atoms with Gasteiger partial charge in [-0.1, -0.05) is 17.7 Å². The summed E-state index contributed by atoms with van der Waals surface area (Å²) in [6, 6.07) is 6.60. The monoisotopic (exact) mass is 271 g/mol. The Labute approximate surface area is 107 Å². The second-order valence-electron chi connectivity index (χ2n) is 4.38. The van der Waals surface area contributed by atoms with Crippen LogP contribution in [-0.4, -0.2) is 39.8 Å². The van der Waals surface area contributed by atoms with Gasteiger partial charge < -0.3 is 4.74 Å². The van der Waals surface area contributed by atoms with Gasteiger partial charge in [-0.3, -0.25) is 0 Å². The van der Waals surface area contributed by atoms with Crippen molar-refractivity contribution in [1.29, 1.82) is 0 Å². The first-order chi connectivity index (χ1) is 8.51. The Balaban J connectivity index is 2.06. The van der Waals surface area contributed by atoms with Crippen LogP contribution >= 0.6 is 0 Å². The highest BCUT2D eigenvalue weighted by Gasteiger charge is 2.28. The van der Waals surface area contributed by atoms with Gasteiger partial charge >= 0.3 is 10.1 Å². The van der Waals surface area contributed by atoms with Crippen LogP contribution in [0.4, 0.5) is 0 Å². The molecule has 0 N–H and O–H groups in total. The van der Waals surface area contributed by atoms with E-state index in [9.17, 15) is 8.42 Å². The van der Waals surface area contributed by atoms with Crippen molar-refractivity contribution in [2.45, 2.75) is 24.3 Å². The van der Waals surface area contributed by atoms with Crippen molar-refractivity contribution in [3.05, 3.63) is 29.8 Å². The molecule has 0 saturated carbocycles. The number of aryl methyl sites for hydroxylation is 1. The van der Waals surface area contributed by atoms with Gasteiger partial charge in [0.05, 0.1) is 17.5 Å². The van der Waals surface area contributed by atoms with Gasteiger partial charge in [-0.15, -0.1) is 0 Å². The Morgan fingerprint density at radius 3 is 2.50 bits per heavy atom. The number of methoxy groups -OCH3 is 1. The van der Waals surface area contributed by atoms with E-state index < -0.39 is 10.1 Å². The van der Waals surface area contributed by atoms with Crippen molar-refractivity contribution in [3.63, 3.8) is 0 Å². The fourth-order valence-corrected chi connectivity index (χ4v) is 2.81. The maximum Gasteiger partial charge on any atom is 0.313 e. The number of ether oxygens (including phenoxy) is 1. The summed E-state index contributed by atoms with van der Waals surface area (Å²) in [4.78, 5) is 0.175. The van der Waals surface area contributed by atoms with Gasteiger partial charge in [0.15, 0.2) is 0 Å². The first-order valence-corrected chi connectivity index (χ1v) is 7.21. The van der Waals surface area contributed by atoms with E-state index >= 15 is 0 Å². The van der Waals surface area contributed by atoms with Crippen molar-refractivity contribution < 1.29 is 17.4 Å². The number of hydrogen-bond donors (Lipinski definition) is 0. The Kier molecular flexibility index (Phi) is 4.01. The van der Waals surface area contributed by atoms with Gasteiger partial charge in [-0.05, 0) is 25.5 Å². The summed E-state index contributed by atoms with van der Waals surface area (Å²) in [5.74, 6) is 0. The third-order valence-electron chi connectivity index (χ3n) is 2.95. The predicted molar refractivity (Wildman–Crippen MR) is 66.4 cm³/mol. The topological polar surface area (TPSA) is 55.8 Å². The Morgan fingerprint density at radius 2 is 1.94 bits per heavy atom. The van der Waals surface area contributed by atoms with Crippen molar-refractivity contribution in [2.75, 3.05) is 20.2 Å². The van der Waals surface area contributed by atoms with E-state index in [1.165, 1.54) is 5.06 Å². The van der Waals surface area contributed by atoms with E-state index in [0.29, 0.717) is 13.1 Å². The minimum Gasteiger partial charge on any atom is -0.380 e. The molecular weight excluding hydrogens is 254 g/mol. The highest BCUT2D eigenvalue weighted by Crippen LogP contribution is 2.19. The molecule has 100 valence electrons. The van der Waals surface area contributed by atoms with Crippen LogP contribution in [0.3, 0.4) is 0 Å². The smallest absolute Gasteiger partial charge is 0.313 e. The minimum atomic E-state index is -3.72. The summed E-state index contributed by atoms with van der Waals surface area (Å²) in [6.45, 7) is 2.94. The lowest BCUT2D eigenvalue weighted by Gasteiger charge is -2.15. The number of hydroxylamine groups is 2. The summed E-state index contributed by atoms with van der Waals surface area (Å²) < 4.78 is 34.2. The third kappa shape index (κ3) is 3.08. The standard InChI is InChI=1S/C12H17NO4S/c1-10-3-5-12(6-4-10)18(14,15)17-13-8-7-11(9-13)16-2/h3-6,11H,7-9H2,1-2H3/t11-/m1/s1. The zero-order valence-corrected chi connectivity index (χ0v) is 11.3. The zero-order chi connectivity index (χ0) is 13.2. The fourth-order valence-electron chi connectivity index (χ4n) is 1.84. The molecule has 1 aliphatic heterocycles. The average Bonchev–Trinajstić information content (AvgIpc) is 2.76. The zero-order valence-electron chi connectivity index (χ0n) is 10.5. The summed E-state index contributed by atoms with van der Waals surface area (Å²) in [5, 5.41) is 1.43. The fraction of sp³-hybridized carbons (Fsp3) is 0.500. The van der Waals surface area contributed by atoms with Crippen molar-refractivity contribution >= 4 is 10.1 Å². The molecule has 0 radical (unpaired) electrons. The van der Waals surface area contributed by atoms with E-state index in [1.807, 2.05) is 6.92 Å². The van der Waals surface area contributed by atoms with E-state index in [-0.39, 0.29) is 11.0 Å². The van der Waals surface area contributed by atoms with Crippen LogP contribution in [0.5, 0.6) is 0 Å². The molecular formula is C12H17NO4S. The van der Waals surface area contributed by atoms with Gasteiger partial charge in [0, 0.05) is 13.7 Å². The molecule has 1 heterocycles. The van der Waals surface area contributed by atoms with Gasteiger partial charge in [0.2, 0.25) is 0 Å². The van der Waals surface area contributed by atoms with Crippen LogP contribution in [0.1, 0.15) is 12.0 Å².